The molecular formula is C22H23N7O. The molecule has 1 aliphatic heterocycles. The van der Waals surface area contributed by atoms with E-state index in [1.807, 2.05) is 25.1 Å². The Labute approximate surface area is 174 Å². The molecule has 3 heterocycles. The normalized spacial score (nSPS) is 15.1. The first kappa shape index (κ1) is 19.7. The molecule has 1 aliphatic rings. The molecule has 0 radical (unpaired) electrons. The number of benzene rings is 1. The summed E-state index contributed by atoms with van der Waals surface area (Å²) >= 11 is 0. The monoisotopic (exact) mass is 401 g/mol. The molecule has 0 atom stereocenters. The number of carbonyl (C=O) groups is 1. The van der Waals surface area contributed by atoms with E-state index in [2.05, 4.69) is 48.2 Å². The Bertz CT molecular complexity index is 1130. The summed E-state index contributed by atoms with van der Waals surface area (Å²) in [7, 11) is 0. The van der Waals surface area contributed by atoms with Gasteiger partial charge in [0, 0.05) is 30.5 Å². The van der Waals surface area contributed by atoms with Crippen LogP contribution in [0.4, 0.5) is 5.82 Å². The highest BCUT2D eigenvalue weighted by Gasteiger charge is 2.17. The minimum absolute atomic E-state index is 0.314. The molecular weight excluding hydrogens is 378 g/mol. The number of hydrogen-bond acceptors (Lipinski definition) is 6. The number of anilines is 1. The van der Waals surface area contributed by atoms with Crippen LogP contribution >= 0.6 is 0 Å². The summed E-state index contributed by atoms with van der Waals surface area (Å²) in [6, 6.07) is 5.91. The topological polar surface area (TPSA) is 99.2 Å². The Balaban J connectivity index is 1.60. The summed E-state index contributed by atoms with van der Waals surface area (Å²) in [5.74, 6) is 0.0401. The first-order valence-corrected chi connectivity index (χ1v) is 9.75. The van der Waals surface area contributed by atoms with E-state index in [9.17, 15) is 4.79 Å². The molecule has 8 nitrogen and oxygen atoms in total. The maximum Gasteiger partial charge on any atom is 0.277 e. The van der Waals surface area contributed by atoms with E-state index >= 15 is 0 Å². The molecule has 4 rings (SSSR count). The molecule has 152 valence electrons. The van der Waals surface area contributed by atoms with E-state index in [4.69, 9.17) is 0 Å². The summed E-state index contributed by atoms with van der Waals surface area (Å²) in [6.07, 6.45) is 9.73. The molecule has 2 N–H and O–H groups in total. The zero-order valence-corrected chi connectivity index (χ0v) is 16.8. The standard InChI is InChI=1S/C22H23N7O/c1-15(10-16(12-23-2)14-29-8-3-9-29)17-4-5-19-18(11-17)21(28-27-19)22(30)26-20-13-24-6-7-25-20/h4-7,10-13H,2-3,8-9,14H2,1H3,(H,27,28)(H,25,26,30)/b15-10+,16-12+. The van der Waals surface area contributed by atoms with Crippen molar-refractivity contribution >= 4 is 34.9 Å². The SMILES string of the molecule is C=N/C=C(\C=C(/C)c1ccc2[nH]nc(C(=O)Nc3cnccn3)c2c1)CN1CCC1. The number of carbonyl (C=O) groups excluding carboxylic acids is 1. The van der Waals surface area contributed by atoms with Gasteiger partial charge in [-0.15, -0.1) is 0 Å². The van der Waals surface area contributed by atoms with Crippen LogP contribution in [-0.2, 0) is 0 Å². The maximum absolute atomic E-state index is 12.7. The first-order chi connectivity index (χ1) is 14.6. The Morgan fingerprint density at radius 3 is 2.93 bits per heavy atom. The van der Waals surface area contributed by atoms with Gasteiger partial charge in [-0.05, 0) is 62.0 Å². The lowest BCUT2D eigenvalue weighted by atomic mass is 10.0. The van der Waals surface area contributed by atoms with Gasteiger partial charge in [0.2, 0.25) is 0 Å². The molecule has 1 amide bonds. The highest BCUT2D eigenvalue weighted by atomic mass is 16.2. The second-order valence-corrected chi connectivity index (χ2v) is 7.22. The van der Waals surface area contributed by atoms with Gasteiger partial charge in [-0.1, -0.05) is 12.1 Å². The number of H-pyrrole nitrogens is 1. The molecule has 2 aromatic heterocycles. The first-order valence-electron chi connectivity index (χ1n) is 9.75. The van der Waals surface area contributed by atoms with Crippen LogP contribution in [0.5, 0.6) is 0 Å². The van der Waals surface area contributed by atoms with Crippen molar-refractivity contribution in [3.63, 3.8) is 0 Å². The number of likely N-dealkylation sites (tertiary alicyclic amines) is 1. The molecule has 1 fully saturated rings. The lowest BCUT2D eigenvalue weighted by Crippen LogP contribution is -2.38. The number of nitrogens with one attached hydrogen (secondary N) is 2. The van der Waals surface area contributed by atoms with E-state index < -0.39 is 0 Å². The Morgan fingerprint density at radius 1 is 1.37 bits per heavy atom. The third-order valence-corrected chi connectivity index (χ3v) is 5.05. The van der Waals surface area contributed by atoms with E-state index in [0.29, 0.717) is 11.5 Å². The number of aromatic amines is 1. The smallest absolute Gasteiger partial charge is 0.277 e. The lowest BCUT2D eigenvalue weighted by molar-refractivity contribution is 0.102. The zero-order valence-electron chi connectivity index (χ0n) is 16.8. The average Bonchev–Trinajstić information content (AvgIpc) is 3.15. The van der Waals surface area contributed by atoms with Crippen molar-refractivity contribution in [2.24, 2.45) is 4.99 Å². The van der Waals surface area contributed by atoms with Gasteiger partial charge >= 0.3 is 0 Å². The van der Waals surface area contributed by atoms with Crippen LogP contribution in [-0.4, -0.2) is 57.3 Å². The molecule has 1 aromatic carbocycles. The van der Waals surface area contributed by atoms with Gasteiger partial charge in [0.25, 0.3) is 5.91 Å². The largest absolute Gasteiger partial charge is 0.304 e. The Morgan fingerprint density at radius 2 is 2.23 bits per heavy atom. The van der Waals surface area contributed by atoms with Gasteiger partial charge in [-0.3, -0.25) is 24.8 Å². The van der Waals surface area contributed by atoms with E-state index in [1.165, 1.54) is 18.8 Å². The second-order valence-electron chi connectivity index (χ2n) is 7.22. The minimum atomic E-state index is -0.338. The molecule has 0 unspecified atom stereocenters. The third kappa shape index (κ3) is 4.33. The summed E-state index contributed by atoms with van der Waals surface area (Å²) in [5.41, 5.74) is 4.30. The number of allylic oxidation sites excluding steroid dienone is 1. The number of aliphatic imine (C=N–C) groups is 1. The van der Waals surface area contributed by atoms with Gasteiger partial charge in [0.1, 0.15) is 0 Å². The van der Waals surface area contributed by atoms with Crippen LogP contribution in [0.1, 0.15) is 29.4 Å². The van der Waals surface area contributed by atoms with Gasteiger partial charge in [0.15, 0.2) is 11.5 Å². The van der Waals surface area contributed by atoms with E-state index in [-0.39, 0.29) is 5.91 Å². The van der Waals surface area contributed by atoms with Gasteiger partial charge in [-0.2, -0.15) is 5.10 Å². The average molecular weight is 401 g/mol. The van der Waals surface area contributed by atoms with Gasteiger partial charge in [-0.25, -0.2) is 4.98 Å². The van der Waals surface area contributed by atoms with Crippen molar-refractivity contribution in [2.75, 3.05) is 25.0 Å². The minimum Gasteiger partial charge on any atom is -0.304 e. The second kappa shape index (κ2) is 8.79. The number of fused-ring (bicyclic) bond motifs is 1. The summed E-state index contributed by atoms with van der Waals surface area (Å²) in [6.45, 7) is 8.73. The van der Waals surface area contributed by atoms with Crippen LogP contribution in [0.3, 0.4) is 0 Å². The van der Waals surface area contributed by atoms with Crippen molar-refractivity contribution in [3.05, 3.63) is 65.9 Å². The van der Waals surface area contributed by atoms with Crippen LogP contribution in [0.25, 0.3) is 16.5 Å². The van der Waals surface area contributed by atoms with Crippen molar-refractivity contribution in [2.45, 2.75) is 13.3 Å². The van der Waals surface area contributed by atoms with E-state index in [0.717, 1.165) is 47.2 Å². The number of aromatic nitrogens is 4. The van der Waals surface area contributed by atoms with Crippen LogP contribution in [0, 0.1) is 0 Å². The Hall–Kier alpha value is -3.65. The summed E-state index contributed by atoms with van der Waals surface area (Å²) < 4.78 is 0. The van der Waals surface area contributed by atoms with Crippen molar-refractivity contribution in [1.82, 2.24) is 25.1 Å². The number of amides is 1. The predicted molar refractivity (Wildman–Crippen MR) is 118 cm³/mol. The van der Waals surface area contributed by atoms with Gasteiger partial charge in [0.05, 0.1) is 11.7 Å². The number of hydrogen-bond donors (Lipinski definition) is 2. The fourth-order valence-corrected chi connectivity index (χ4v) is 3.37. The molecule has 0 saturated carbocycles. The fourth-order valence-electron chi connectivity index (χ4n) is 3.37. The molecule has 0 bridgehead atoms. The maximum atomic E-state index is 12.7. The molecule has 0 spiro atoms. The number of nitrogens with zero attached hydrogens (tertiary/aromatic N) is 5. The molecule has 1 saturated heterocycles. The highest BCUT2D eigenvalue weighted by Crippen LogP contribution is 2.24. The molecule has 0 aliphatic carbocycles. The third-order valence-electron chi connectivity index (χ3n) is 5.05. The van der Waals surface area contributed by atoms with Crippen molar-refractivity contribution in [1.29, 1.82) is 0 Å². The van der Waals surface area contributed by atoms with Crippen LogP contribution in [0.15, 0.2) is 59.6 Å². The number of rotatable bonds is 7. The van der Waals surface area contributed by atoms with Crippen molar-refractivity contribution < 1.29 is 4.79 Å². The van der Waals surface area contributed by atoms with Crippen molar-refractivity contribution in [3.8, 4) is 0 Å². The summed E-state index contributed by atoms with van der Waals surface area (Å²) in [5, 5.41) is 10.6. The fraction of sp³-hybridized carbons (Fsp3) is 0.227. The molecule has 30 heavy (non-hydrogen) atoms. The molecule has 3 aromatic rings. The highest BCUT2D eigenvalue weighted by molar-refractivity contribution is 6.11. The quantitative estimate of drug-likeness (QED) is 0.467. The van der Waals surface area contributed by atoms with Gasteiger partial charge < -0.3 is 5.32 Å². The molecule has 8 heteroatoms. The lowest BCUT2D eigenvalue weighted by Gasteiger charge is -2.30. The van der Waals surface area contributed by atoms with Crippen LogP contribution in [0.2, 0.25) is 0 Å². The summed E-state index contributed by atoms with van der Waals surface area (Å²) in [4.78, 5) is 27.0. The predicted octanol–water partition coefficient (Wildman–Crippen LogP) is 3.30. The Kier molecular flexibility index (Phi) is 5.76. The van der Waals surface area contributed by atoms with Crippen LogP contribution < -0.4 is 5.32 Å². The zero-order chi connectivity index (χ0) is 20.9. The van der Waals surface area contributed by atoms with E-state index in [1.54, 1.807) is 12.4 Å².